The van der Waals surface area contributed by atoms with Gasteiger partial charge in [0, 0.05) is 37.8 Å². The Bertz CT molecular complexity index is 942. The molecule has 1 aliphatic rings. The SMILES string of the molecule is CN(Cc1ccccc1N1CCCC1)C(=O)Nc1cccc2ccccc12. The molecule has 0 bridgehead atoms. The summed E-state index contributed by atoms with van der Waals surface area (Å²) in [5.41, 5.74) is 3.28. The molecule has 4 nitrogen and oxygen atoms in total. The maximum Gasteiger partial charge on any atom is 0.321 e. The Morgan fingerprint density at radius 1 is 0.963 bits per heavy atom. The number of carbonyl (C=O) groups is 1. The van der Waals surface area contributed by atoms with Gasteiger partial charge in [0.25, 0.3) is 0 Å². The standard InChI is InChI=1S/C23H25N3O/c1-25(17-19-10-3-5-14-22(19)26-15-6-7-16-26)23(27)24-21-13-8-11-18-9-2-4-12-20(18)21/h2-5,8-14H,6-7,15-17H2,1H3,(H,24,27). The third-order valence-corrected chi connectivity index (χ3v) is 5.22. The summed E-state index contributed by atoms with van der Waals surface area (Å²) in [6.45, 7) is 2.79. The zero-order valence-corrected chi connectivity index (χ0v) is 15.7. The van der Waals surface area contributed by atoms with Crippen LogP contribution in [0.25, 0.3) is 10.8 Å². The van der Waals surface area contributed by atoms with E-state index in [1.165, 1.54) is 24.1 Å². The molecule has 0 aliphatic carbocycles. The molecule has 4 rings (SSSR count). The Hall–Kier alpha value is -3.01. The van der Waals surface area contributed by atoms with Gasteiger partial charge in [-0.05, 0) is 35.9 Å². The maximum atomic E-state index is 12.8. The van der Waals surface area contributed by atoms with Crippen LogP contribution in [0, 0.1) is 0 Å². The number of nitrogens with one attached hydrogen (secondary N) is 1. The minimum Gasteiger partial charge on any atom is -0.371 e. The number of carbonyl (C=O) groups excluding carboxylic acids is 1. The van der Waals surface area contributed by atoms with E-state index in [9.17, 15) is 4.79 Å². The summed E-state index contributed by atoms with van der Waals surface area (Å²) in [5.74, 6) is 0. The van der Waals surface area contributed by atoms with Crippen LogP contribution in [0.1, 0.15) is 18.4 Å². The Balaban J connectivity index is 1.50. The smallest absolute Gasteiger partial charge is 0.321 e. The molecule has 1 heterocycles. The first-order valence-electron chi connectivity index (χ1n) is 9.55. The first-order chi connectivity index (χ1) is 13.2. The van der Waals surface area contributed by atoms with Crippen LogP contribution >= 0.6 is 0 Å². The minimum atomic E-state index is -0.0948. The number of nitrogens with zero attached hydrogens (tertiary/aromatic N) is 2. The Morgan fingerprint density at radius 2 is 1.67 bits per heavy atom. The average Bonchev–Trinajstić information content (AvgIpc) is 3.23. The number of amides is 2. The average molecular weight is 359 g/mol. The molecular formula is C23H25N3O. The van der Waals surface area contributed by atoms with Gasteiger partial charge >= 0.3 is 6.03 Å². The van der Waals surface area contributed by atoms with Crippen molar-refractivity contribution in [1.29, 1.82) is 0 Å². The van der Waals surface area contributed by atoms with Crippen LogP contribution < -0.4 is 10.2 Å². The second-order valence-corrected chi connectivity index (χ2v) is 7.14. The highest BCUT2D eigenvalue weighted by Crippen LogP contribution is 2.26. The fraction of sp³-hybridized carbons (Fsp3) is 0.261. The number of hydrogen-bond acceptors (Lipinski definition) is 2. The van der Waals surface area contributed by atoms with E-state index in [-0.39, 0.29) is 6.03 Å². The molecule has 2 amide bonds. The van der Waals surface area contributed by atoms with Gasteiger partial charge in [-0.3, -0.25) is 0 Å². The molecule has 1 aliphatic heterocycles. The van der Waals surface area contributed by atoms with Crippen molar-refractivity contribution >= 4 is 28.2 Å². The number of para-hydroxylation sites is 1. The number of hydrogen-bond donors (Lipinski definition) is 1. The van der Waals surface area contributed by atoms with Gasteiger partial charge in [-0.25, -0.2) is 4.79 Å². The van der Waals surface area contributed by atoms with Crippen LogP contribution in [0.15, 0.2) is 66.7 Å². The molecule has 0 saturated carbocycles. The molecule has 0 atom stereocenters. The molecule has 138 valence electrons. The largest absolute Gasteiger partial charge is 0.371 e. The number of rotatable bonds is 4. The summed E-state index contributed by atoms with van der Waals surface area (Å²) in [4.78, 5) is 17.0. The summed E-state index contributed by atoms with van der Waals surface area (Å²) >= 11 is 0. The lowest BCUT2D eigenvalue weighted by atomic mass is 10.1. The first kappa shape index (κ1) is 17.4. The van der Waals surface area contributed by atoms with Crippen molar-refractivity contribution in [3.63, 3.8) is 0 Å². The molecule has 1 fully saturated rings. The fourth-order valence-corrected chi connectivity index (χ4v) is 3.78. The predicted octanol–water partition coefficient (Wildman–Crippen LogP) is 5.10. The molecule has 27 heavy (non-hydrogen) atoms. The number of fused-ring (bicyclic) bond motifs is 1. The second kappa shape index (κ2) is 7.70. The van der Waals surface area contributed by atoms with Crippen LogP contribution in [-0.4, -0.2) is 31.1 Å². The van der Waals surface area contributed by atoms with Crippen molar-refractivity contribution in [3.05, 3.63) is 72.3 Å². The maximum absolute atomic E-state index is 12.8. The summed E-state index contributed by atoms with van der Waals surface area (Å²) in [6, 6.07) is 22.4. The Kier molecular flexibility index (Phi) is 4.97. The van der Waals surface area contributed by atoms with Crippen LogP contribution in [-0.2, 0) is 6.54 Å². The van der Waals surface area contributed by atoms with E-state index in [0.717, 1.165) is 29.5 Å². The van der Waals surface area contributed by atoms with E-state index < -0.39 is 0 Å². The van der Waals surface area contributed by atoms with Crippen molar-refractivity contribution in [2.45, 2.75) is 19.4 Å². The summed E-state index contributed by atoms with van der Waals surface area (Å²) < 4.78 is 0. The minimum absolute atomic E-state index is 0.0948. The third kappa shape index (κ3) is 3.75. The van der Waals surface area contributed by atoms with Gasteiger partial charge in [0.2, 0.25) is 0 Å². The highest BCUT2D eigenvalue weighted by molar-refractivity contribution is 6.01. The molecule has 1 saturated heterocycles. The van der Waals surface area contributed by atoms with Gasteiger partial charge in [-0.1, -0.05) is 54.6 Å². The zero-order chi connectivity index (χ0) is 18.6. The van der Waals surface area contributed by atoms with Crippen LogP contribution in [0.4, 0.5) is 16.2 Å². The molecule has 0 aromatic heterocycles. The summed E-state index contributed by atoms with van der Waals surface area (Å²) in [7, 11) is 1.85. The third-order valence-electron chi connectivity index (χ3n) is 5.22. The van der Waals surface area contributed by atoms with Crippen LogP contribution in [0.3, 0.4) is 0 Å². The highest BCUT2D eigenvalue weighted by Gasteiger charge is 2.18. The van der Waals surface area contributed by atoms with Crippen LogP contribution in [0.2, 0.25) is 0 Å². The zero-order valence-electron chi connectivity index (χ0n) is 15.7. The molecule has 4 heteroatoms. The van der Waals surface area contributed by atoms with E-state index in [0.29, 0.717) is 6.54 Å². The molecule has 0 radical (unpaired) electrons. The van der Waals surface area contributed by atoms with Gasteiger partial charge in [-0.15, -0.1) is 0 Å². The fourth-order valence-electron chi connectivity index (χ4n) is 3.78. The Labute approximate surface area is 160 Å². The quantitative estimate of drug-likeness (QED) is 0.703. The summed E-state index contributed by atoms with van der Waals surface area (Å²) in [5, 5.41) is 5.24. The van der Waals surface area contributed by atoms with Gasteiger partial charge in [0.15, 0.2) is 0 Å². The van der Waals surface area contributed by atoms with Gasteiger partial charge < -0.3 is 15.1 Å². The van der Waals surface area contributed by atoms with E-state index in [4.69, 9.17) is 0 Å². The molecule has 0 unspecified atom stereocenters. The molecule has 3 aromatic rings. The summed E-state index contributed by atoms with van der Waals surface area (Å²) in [6.07, 6.45) is 2.48. The second-order valence-electron chi connectivity index (χ2n) is 7.14. The number of anilines is 2. The van der Waals surface area contributed by atoms with Crippen LogP contribution in [0.5, 0.6) is 0 Å². The van der Waals surface area contributed by atoms with E-state index in [1.54, 1.807) is 4.90 Å². The van der Waals surface area contributed by atoms with E-state index >= 15 is 0 Å². The van der Waals surface area contributed by atoms with E-state index in [2.05, 4.69) is 40.5 Å². The topological polar surface area (TPSA) is 35.6 Å². The lowest BCUT2D eigenvalue weighted by Crippen LogP contribution is -2.31. The van der Waals surface area contributed by atoms with Crippen molar-refractivity contribution in [2.24, 2.45) is 0 Å². The molecule has 3 aromatic carbocycles. The highest BCUT2D eigenvalue weighted by atomic mass is 16.2. The van der Waals surface area contributed by atoms with Crippen molar-refractivity contribution < 1.29 is 4.79 Å². The van der Waals surface area contributed by atoms with Gasteiger partial charge in [0.1, 0.15) is 0 Å². The van der Waals surface area contributed by atoms with E-state index in [1.807, 2.05) is 43.4 Å². The molecular weight excluding hydrogens is 334 g/mol. The van der Waals surface area contributed by atoms with Crippen molar-refractivity contribution in [1.82, 2.24) is 4.90 Å². The van der Waals surface area contributed by atoms with Crippen molar-refractivity contribution in [3.8, 4) is 0 Å². The first-order valence-corrected chi connectivity index (χ1v) is 9.55. The lowest BCUT2D eigenvalue weighted by Gasteiger charge is -2.25. The molecule has 0 spiro atoms. The predicted molar refractivity (Wildman–Crippen MR) is 112 cm³/mol. The Morgan fingerprint density at radius 3 is 2.52 bits per heavy atom. The monoisotopic (exact) mass is 359 g/mol. The number of benzene rings is 3. The number of urea groups is 1. The van der Waals surface area contributed by atoms with Gasteiger partial charge in [-0.2, -0.15) is 0 Å². The lowest BCUT2D eigenvalue weighted by molar-refractivity contribution is 0.221. The molecule has 1 N–H and O–H groups in total. The van der Waals surface area contributed by atoms with Gasteiger partial charge in [0.05, 0.1) is 5.69 Å². The van der Waals surface area contributed by atoms with Crippen molar-refractivity contribution in [2.75, 3.05) is 30.4 Å². The normalized spacial score (nSPS) is 13.7.